The van der Waals surface area contributed by atoms with Gasteiger partial charge in [-0.05, 0) is 36.2 Å². The molecule has 0 atom stereocenters. The van der Waals surface area contributed by atoms with Gasteiger partial charge in [0.25, 0.3) is 5.91 Å². The quantitative estimate of drug-likeness (QED) is 0.769. The SMILES string of the molecule is CCc1ccc(NC(=O)c2cc(-c3ccco3)[nH]n2)cc1. The molecule has 3 aromatic rings. The molecule has 0 spiro atoms. The fourth-order valence-electron chi connectivity index (χ4n) is 2.01. The van der Waals surface area contributed by atoms with Crippen LogP contribution in [0.3, 0.4) is 0 Å². The van der Waals surface area contributed by atoms with Gasteiger partial charge in [0, 0.05) is 11.8 Å². The van der Waals surface area contributed by atoms with Gasteiger partial charge in [-0.25, -0.2) is 0 Å². The maximum atomic E-state index is 12.1. The van der Waals surface area contributed by atoms with Gasteiger partial charge >= 0.3 is 0 Å². The number of carbonyl (C=O) groups excluding carboxylic acids is 1. The van der Waals surface area contributed by atoms with Gasteiger partial charge in [0.1, 0.15) is 5.69 Å². The lowest BCUT2D eigenvalue weighted by molar-refractivity contribution is 0.102. The van der Waals surface area contributed by atoms with Gasteiger partial charge in [0.15, 0.2) is 11.5 Å². The summed E-state index contributed by atoms with van der Waals surface area (Å²) in [6.07, 6.45) is 2.55. The van der Waals surface area contributed by atoms with Crippen LogP contribution in [0.15, 0.2) is 53.1 Å². The first-order valence-corrected chi connectivity index (χ1v) is 6.76. The second kappa shape index (κ2) is 5.66. The number of aromatic nitrogens is 2. The number of furan rings is 1. The molecule has 0 radical (unpaired) electrons. The average molecular weight is 281 g/mol. The molecule has 106 valence electrons. The van der Waals surface area contributed by atoms with Crippen LogP contribution in [0.5, 0.6) is 0 Å². The van der Waals surface area contributed by atoms with E-state index < -0.39 is 0 Å². The Balaban J connectivity index is 1.73. The molecule has 0 aliphatic carbocycles. The number of aromatic amines is 1. The maximum absolute atomic E-state index is 12.1. The Morgan fingerprint density at radius 2 is 2.10 bits per heavy atom. The van der Waals surface area contributed by atoms with Crippen LogP contribution in [0.25, 0.3) is 11.5 Å². The molecule has 5 heteroatoms. The Kier molecular flexibility index (Phi) is 3.55. The molecule has 5 nitrogen and oxygen atoms in total. The van der Waals surface area contributed by atoms with Crippen LogP contribution in [0, 0.1) is 0 Å². The number of H-pyrrole nitrogens is 1. The summed E-state index contributed by atoms with van der Waals surface area (Å²) >= 11 is 0. The van der Waals surface area contributed by atoms with Crippen LogP contribution >= 0.6 is 0 Å². The first-order chi connectivity index (χ1) is 10.3. The number of carbonyl (C=O) groups is 1. The monoisotopic (exact) mass is 281 g/mol. The molecule has 1 aromatic carbocycles. The van der Waals surface area contributed by atoms with Gasteiger partial charge in [-0.15, -0.1) is 0 Å². The first kappa shape index (κ1) is 13.2. The molecule has 1 amide bonds. The molecular weight excluding hydrogens is 266 g/mol. The van der Waals surface area contributed by atoms with E-state index in [-0.39, 0.29) is 5.91 Å². The lowest BCUT2D eigenvalue weighted by Gasteiger charge is -2.03. The average Bonchev–Trinajstić information content (AvgIpc) is 3.19. The van der Waals surface area contributed by atoms with Gasteiger partial charge in [-0.2, -0.15) is 5.10 Å². The molecule has 0 bridgehead atoms. The highest BCUT2D eigenvalue weighted by molar-refractivity contribution is 6.03. The number of hydrogen-bond acceptors (Lipinski definition) is 3. The van der Waals surface area contributed by atoms with Crippen molar-refractivity contribution in [2.75, 3.05) is 5.32 Å². The predicted octanol–water partition coefficient (Wildman–Crippen LogP) is 3.48. The highest BCUT2D eigenvalue weighted by Gasteiger charge is 2.12. The van der Waals surface area contributed by atoms with E-state index in [1.807, 2.05) is 24.3 Å². The summed E-state index contributed by atoms with van der Waals surface area (Å²) < 4.78 is 5.25. The summed E-state index contributed by atoms with van der Waals surface area (Å²) in [5, 5.41) is 9.61. The summed E-state index contributed by atoms with van der Waals surface area (Å²) in [6, 6.07) is 13.0. The third-order valence-electron chi connectivity index (χ3n) is 3.22. The molecule has 21 heavy (non-hydrogen) atoms. The van der Waals surface area contributed by atoms with E-state index in [4.69, 9.17) is 4.42 Å². The van der Waals surface area contributed by atoms with Crippen molar-refractivity contribution in [1.29, 1.82) is 0 Å². The van der Waals surface area contributed by atoms with E-state index in [2.05, 4.69) is 22.4 Å². The van der Waals surface area contributed by atoms with Gasteiger partial charge in [0.2, 0.25) is 0 Å². The molecule has 0 aliphatic heterocycles. The van der Waals surface area contributed by atoms with Gasteiger partial charge in [-0.1, -0.05) is 19.1 Å². The summed E-state index contributed by atoms with van der Waals surface area (Å²) in [7, 11) is 0. The molecule has 2 aromatic heterocycles. The van der Waals surface area contributed by atoms with Gasteiger partial charge in [0.05, 0.1) is 6.26 Å². The van der Waals surface area contributed by atoms with Crippen molar-refractivity contribution >= 4 is 11.6 Å². The fourth-order valence-corrected chi connectivity index (χ4v) is 2.01. The summed E-state index contributed by atoms with van der Waals surface area (Å²) in [5.74, 6) is 0.391. The van der Waals surface area contributed by atoms with Crippen LogP contribution in [0.4, 0.5) is 5.69 Å². The lowest BCUT2D eigenvalue weighted by atomic mass is 10.1. The molecule has 0 aliphatic rings. The van der Waals surface area contributed by atoms with E-state index in [0.717, 1.165) is 12.1 Å². The number of nitrogens with one attached hydrogen (secondary N) is 2. The standard InChI is InChI=1S/C16H15N3O2/c1-2-11-5-7-12(8-6-11)17-16(20)14-10-13(18-19-14)15-4-3-9-21-15/h3-10H,2H2,1H3,(H,17,20)(H,18,19). The van der Waals surface area contributed by atoms with E-state index in [1.54, 1.807) is 24.5 Å². The number of benzene rings is 1. The normalized spacial score (nSPS) is 10.5. The number of anilines is 1. The zero-order valence-electron chi connectivity index (χ0n) is 11.6. The van der Waals surface area contributed by atoms with E-state index in [0.29, 0.717) is 17.1 Å². The van der Waals surface area contributed by atoms with Crippen LogP contribution in [-0.2, 0) is 6.42 Å². The van der Waals surface area contributed by atoms with Crippen molar-refractivity contribution in [3.8, 4) is 11.5 Å². The number of aryl methyl sites for hydroxylation is 1. The Bertz CT molecular complexity index is 727. The number of nitrogens with zero attached hydrogens (tertiary/aromatic N) is 1. The van der Waals surface area contributed by atoms with E-state index in [9.17, 15) is 4.79 Å². The number of rotatable bonds is 4. The van der Waals surface area contributed by atoms with Crippen molar-refractivity contribution < 1.29 is 9.21 Å². The molecule has 2 N–H and O–H groups in total. The van der Waals surface area contributed by atoms with Crippen molar-refractivity contribution in [2.24, 2.45) is 0 Å². The minimum atomic E-state index is -0.256. The van der Waals surface area contributed by atoms with Crippen molar-refractivity contribution in [3.63, 3.8) is 0 Å². The smallest absolute Gasteiger partial charge is 0.276 e. The van der Waals surface area contributed by atoms with Crippen molar-refractivity contribution in [2.45, 2.75) is 13.3 Å². The molecular formula is C16H15N3O2. The van der Waals surface area contributed by atoms with Crippen LogP contribution in [-0.4, -0.2) is 16.1 Å². The third kappa shape index (κ3) is 2.86. The number of amides is 1. The van der Waals surface area contributed by atoms with Crippen molar-refractivity contribution in [1.82, 2.24) is 10.2 Å². The fraction of sp³-hybridized carbons (Fsp3) is 0.125. The zero-order chi connectivity index (χ0) is 14.7. The van der Waals surface area contributed by atoms with Gasteiger partial charge in [-0.3, -0.25) is 9.89 Å². The summed E-state index contributed by atoms with van der Waals surface area (Å²) in [4.78, 5) is 12.1. The molecule has 0 saturated carbocycles. The zero-order valence-corrected chi connectivity index (χ0v) is 11.6. The van der Waals surface area contributed by atoms with E-state index >= 15 is 0 Å². The molecule has 0 unspecified atom stereocenters. The maximum Gasteiger partial charge on any atom is 0.276 e. The Hall–Kier alpha value is -2.82. The highest BCUT2D eigenvalue weighted by atomic mass is 16.3. The van der Waals surface area contributed by atoms with Crippen LogP contribution in [0.2, 0.25) is 0 Å². The van der Waals surface area contributed by atoms with Gasteiger partial charge < -0.3 is 9.73 Å². The van der Waals surface area contributed by atoms with Crippen molar-refractivity contribution in [3.05, 3.63) is 60.0 Å². The molecule has 0 fully saturated rings. The largest absolute Gasteiger partial charge is 0.463 e. The highest BCUT2D eigenvalue weighted by Crippen LogP contribution is 2.18. The molecule has 2 heterocycles. The minimum Gasteiger partial charge on any atom is -0.463 e. The second-order valence-corrected chi connectivity index (χ2v) is 4.65. The van der Waals surface area contributed by atoms with Crippen LogP contribution < -0.4 is 5.32 Å². The Morgan fingerprint density at radius 3 is 2.76 bits per heavy atom. The Morgan fingerprint density at radius 1 is 1.29 bits per heavy atom. The topological polar surface area (TPSA) is 70.9 Å². The third-order valence-corrected chi connectivity index (χ3v) is 3.22. The summed E-state index contributed by atoms with van der Waals surface area (Å²) in [5.41, 5.74) is 2.97. The van der Waals surface area contributed by atoms with E-state index in [1.165, 1.54) is 5.56 Å². The predicted molar refractivity (Wildman–Crippen MR) is 80.1 cm³/mol. The second-order valence-electron chi connectivity index (χ2n) is 4.65. The molecule has 0 saturated heterocycles. The first-order valence-electron chi connectivity index (χ1n) is 6.76. The minimum absolute atomic E-state index is 0.256. The van der Waals surface area contributed by atoms with Crippen LogP contribution in [0.1, 0.15) is 23.0 Å². The summed E-state index contributed by atoms with van der Waals surface area (Å²) in [6.45, 7) is 2.09. The lowest BCUT2D eigenvalue weighted by Crippen LogP contribution is -2.12. The molecule has 3 rings (SSSR count). The number of hydrogen-bond donors (Lipinski definition) is 2. The Labute approximate surface area is 122 Å².